The fourth-order valence-electron chi connectivity index (χ4n) is 3.73. The Bertz CT molecular complexity index is 772. The van der Waals surface area contributed by atoms with Crippen molar-refractivity contribution >= 4 is 5.91 Å². The number of nitrogens with zero attached hydrogens (tertiary/aromatic N) is 1. The number of rotatable bonds is 7. The minimum absolute atomic E-state index is 0.0565. The van der Waals surface area contributed by atoms with Crippen LogP contribution in [0, 0.1) is 12.8 Å². The van der Waals surface area contributed by atoms with E-state index < -0.39 is 0 Å². The number of aryl methyl sites for hydroxylation is 1. The first kappa shape index (κ1) is 20.4. The molecule has 0 radical (unpaired) electrons. The van der Waals surface area contributed by atoms with Crippen molar-refractivity contribution in [1.82, 2.24) is 10.2 Å². The number of carbonyl (C=O) groups is 1. The van der Waals surface area contributed by atoms with E-state index in [0.717, 1.165) is 23.8 Å². The molecule has 2 unspecified atom stereocenters. The van der Waals surface area contributed by atoms with Gasteiger partial charge in [-0.2, -0.15) is 0 Å². The van der Waals surface area contributed by atoms with Gasteiger partial charge in [-0.1, -0.05) is 37.3 Å². The number of hydrogen-bond donors (Lipinski definition) is 1. The largest absolute Gasteiger partial charge is 0.491 e. The van der Waals surface area contributed by atoms with Crippen LogP contribution < -0.4 is 10.1 Å². The maximum absolute atomic E-state index is 12.5. The van der Waals surface area contributed by atoms with Gasteiger partial charge in [-0.15, -0.1) is 0 Å². The van der Waals surface area contributed by atoms with Crippen LogP contribution in [0.5, 0.6) is 5.75 Å². The molecule has 1 saturated heterocycles. The number of hydrogen-bond acceptors (Lipinski definition) is 3. The van der Waals surface area contributed by atoms with Gasteiger partial charge in [-0.05, 0) is 68.5 Å². The predicted octanol–water partition coefficient (Wildman–Crippen LogP) is 4.42. The smallest absolute Gasteiger partial charge is 0.251 e. The number of piperidine rings is 1. The van der Waals surface area contributed by atoms with Crippen LogP contribution in [0.2, 0.25) is 0 Å². The van der Waals surface area contributed by atoms with Crippen LogP contribution >= 0.6 is 0 Å². The van der Waals surface area contributed by atoms with E-state index in [1.807, 2.05) is 50.2 Å². The van der Waals surface area contributed by atoms with E-state index in [1.165, 1.54) is 31.5 Å². The number of ether oxygens (including phenoxy) is 1. The van der Waals surface area contributed by atoms with Crippen molar-refractivity contribution in [2.45, 2.75) is 46.2 Å². The lowest BCUT2D eigenvalue weighted by Gasteiger charge is -2.30. The maximum atomic E-state index is 12.5. The Balaban J connectivity index is 1.48. The third-order valence-corrected chi connectivity index (χ3v) is 5.32. The van der Waals surface area contributed by atoms with Crippen LogP contribution in [-0.2, 0) is 6.54 Å². The molecule has 1 fully saturated rings. The number of para-hydroxylation sites is 1. The van der Waals surface area contributed by atoms with Crippen molar-refractivity contribution in [3.63, 3.8) is 0 Å². The van der Waals surface area contributed by atoms with Gasteiger partial charge in [-0.3, -0.25) is 9.69 Å². The summed E-state index contributed by atoms with van der Waals surface area (Å²) in [6, 6.07) is 15.8. The van der Waals surface area contributed by atoms with Crippen LogP contribution in [0.15, 0.2) is 48.5 Å². The summed E-state index contributed by atoms with van der Waals surface area (Å²) in [5, 5.41) is 3.02. The minimum atomic E-state index is -0.0679. The zero-order valence-electron chi connectivity index (χ0n) is 17.3. The summed E-state index contributed by atoms with van der Waals surface area (Å²) in [6.07, 6.45) is 2.62. The molecule has 0 spiro atoms. The van der Waals surface area contributed by atoms with Crippen molar-refractivity contribution in [2.75, 3.05) is 19.7 Å². The summed E-state index contributed by atoms with van der Waals surface area (Å²) in [5.41, 5.74) is 3.06. The molecular weight excluding hydrogens is 348 g/mol. The summed E-state index contributed by atoms with van der Waals surface area (Å²) < 4.78 is 5.83. The Morgan fingerprint density at radius 1 is 1.21 bits per heavy atom. The molecule has 0 saturated carbocycles. The van der Waals surface area contributed by atoms with E-state index in [2.05, 4.69) is 29.3 Å². The van der Waals surface area contributed by atoms with Gasteiger partial charge in [0.2, 0.25) is 0 Å². The number of carbonyl (C=O) groups excluding carboxylic acids is 1. The minimum Gasteiger partial charge on any atom is -0.491 e. The second kappa shape index (κ2) is 9.74. The first-order chi connectivity index (χ1) is 13.5. The fraction of sp³-hybridized carbons (Fsp3) is 0.458. The highest BCUT2D eigenvalue weighted by Gasteiger charge is 2.16. The summed E-state index contributed by atoms with van der Waals surface area (Å²) in [4.78, 5) is 15.0. The van der Waals surface area contributed by atoms with Crippen LogP contribution in [0.25, 0.3) is 0 Å². The van der Waals surface area contributed by atoms with Crippen molar-refractivity contribution in [3.05, 3.63) is 65.2 Å². The number of amides is 1. The molecule has 1 N–H and O–H groups in total. The first-order valence-electron chi connectivity index (χ1n) is 10.3. The summed E-state index contributed by atoms with van der Waals surface area (Å²) in [5.74, 6) is 1.58. The zero-order valence-corrected chi connectivity index (χ0v) is 17.3. The standard InChI is InChI=1S/C24H32N2O2/c1-18-7-6-14-26(15-18)16-21-10-12-22(13-11-21)24(27)25-20(3)17-28-23-9-5-4-8-19(23)2/h4-5,8-13,18,20H,6-7,14-17H2,1-3H3,(H,25,27). The third-order valence-electron chi connectivity index (χ3n) is 5.32. The highest BCUT2D eigenvalue weighted by molar-refractivity contribution is 5.94. The summed E-state index contributed by atoms with van der Waals surface area (Å²) in [7, 11) is 0. The van der Waals surface area contributed by atoms with E-state index in [4.69, 9.17) is 4.74 Å². The highest BCUT2D eigenvalue weighted by Crippen LogP contribution is 2.18. The normalized spacial score (nSPS) is 18.5. The van der Waals surface area contributed by atoms with Crippen LogP contribution in [0.3, 0.4) is 0 Å². The highest BCUT2D eigenvalue weighted by atomic mass is 16.5. The van der Waals surface area contributed by atoms with E-state index in [1.54, 1.807) is 0 Å². The Labute approximate surface area is 168 Å². The van der Waals surface area contributed by atoms with Gasteiger partial charge in [0.15, 0.2) is 0 Å². The van der Waals surface area contributed by atoms with Gasteiger partial charge in [0.1, 0.15) is 12.4 Å². The van der Waals surface area contributed by atoms with Crippen molar-refractivity contribution in [2.24, 2.45) is 5.92 Å². The second-order valence-electron chi connectivity index (χ2n) is 8.13. The zero-order chi connectivity index (χ0) is 19.9. The van der Waals surface area contributed by atoms with E-state index in [9.17, 15) is 4.79 Å². The van der Waals surface area contributed by atoms with E-state index in [0.29, 0.717) is 12.2 Å². The maximum Gasteiger partial charge on any atom is 0.251 e. The molecule has 0 bridgehead atoms. The second-order valence-corrected chi connectivity index (χ2v) is 8.13. The SMILES string of the molecule is Cc1ccccc1OCC(C)NC(=O)c1ccc(CN2CCCC(C)C2)cc1. The molecule has 0 aliphatic carbocycles. The van der Waals surface area contributed by atoms with E-state index >= 15 is 0 Å². The van der Waals surface area contributed by atoms with Gasteiger partial charge in [0.25, 0.3) is 5.91 Å². The molecule has 1 aliphatic rings. The monoisotopic (exact) mass is 380 g/mol. The van der Waals surface area contributed by atoms with Gasteiger partial charge in [-0.25, -0.2) is 0 Å². The lowest BCUT2D eigenvalue weighted by molar-refractivity contribution is 0.0926. The number of nitrogens with one attached hydrogen (secondary N) is 1. The molecule has 4 nitrogen and oxygen atoms in total. The Kier molecular flexibility index (Phi) is 7.10. The molecule has 28 heavy (non-hydrogen) atoms. The number of likely N-dealkylation sites (tertiary alicyclic amines) is 1. The molecule has 1 heterocycles. The molecule has 1 aliphatic heterocycles. The topological polar surface area (TPSA) is 41.6 Å². The molecule has 1 amide bonds. The van der Waals surface area contributed by atoms with Gasteiger partial charge in [0.05, 0.1) is 6.04 Å². The lowest BCUT2D eigenvalue weighted by atomic mass is 9.99. The van der Waals surface area contributed by atoms with Gasteiger partial charge in [0, 0.05) is 18.7 Å². The van der Waals surface area contributed by atoms with Crippen molar-refractivity contribution in [3.8, 4) is 5.75 Å². The molecule has 4 heteroatoms. The summed E-state index contributed by atoms with van der Waals surface area (Å²) >= 11 is 0. The predicted molar refractivity (Wildman–Crippen MR) is 114 cm³/mol. The van der Waals surface area contributed by atoms with Crippen molar-refractivity contribution in [1.29, 1.82) is 0 Å². The average molecular weight is 381 g/mol. The molecule has 150 valence electrons. The first-order valence-corrected chi connectivity index (χ1v) is 10.3. The van der Waals surface area contributed by atoms with Crippen molar-refractivity contribution < 1.29 is 9.53 Å². The Hall–Kier alpha value is -2.33. The van der Waals surface area contributed by atoms with E-state index in [-0.39, 0.29) is 11.9 Å². The Morgan fingerprint density at radius 2 is 1.96 bits per heavy atom. The van der Waals surface area contributed by atoms with Crippen LogP contribution in [0.1, 0.15) is 48.2 Å². The molecule has 3 rings (SSSR count). The van der Waals surface area contributed by atoms with Crippen LogP contribution in [0.4, 0.5) is 0 Å². The molecule has 0 aromatic heterocycles. The van der Waals surface area contributed by atoms with Crippen LogP contribution in [-0.4, -0.2) is 36.5 Å². The number of benzene rings is 2. The molecular formula is C24H32N2O2. The lowest BCUT2D eigenvalue weighted by Crippen LogP contribution is -2.36. The average Bonchev–Trinajstić information content (AvgIpc) is 2.68. The molecule has 2 aromatic carbocycles. The Morgan fingerprint density at radius 3 is 2.68 bits per heavy atom. The fourth-order valence-corrected chi connectivity index (χ4v) is 3.73. The summed E-state index contributed by atoms with van der Waals surface area (Å²) in [6.45, 7) is 10.1. The van der Waals surface area contributed by atoms with Gasteiger partial charge < -0.3 is 10.1 Å². The molecule has 2 atom stereocenters. The molecule has 2 aromatic rings. The quantitative estimate of drug-likeness (QED) is 0.773. The third kappa shape index (κ3) is 5.83. The van der Waals surface area contributed by atoms with Gasteiger partial charge >= 0.3 is 0 Å².